The molecular weight excluding hydrogens is 320 g/mol. The fourth-order valence-corrected chi connectivity index (χ4v) is 2.82. The summed E-state index contributed by atoms with van der Waals surface area (Å²) in [5.41, 5.74) is 0. The van der Waals surface area contributed by atoms with Gasteiger partial charge < -0.3 is 24.8 Å². The van der Waals surface area contributed by atoms with Crippen molar-refractivity contribution in [3.8, 4) is 17.2 Å². The van der Waals surface area contributed by atoms with Gasteiger partial charge in [-0.1, -0.05) is 0 Å². The molecule has 3 rings (SSSR count). The monoisotopic (exact) mass is 342 g/mol. The van der Waals surface area contributed by atoms with Crippen LogP contribution in [-0.2, 0) is 4.79 Å². The van der Waals surface area contributed by atoms with E-state index in [2.05, 4.69) is 17.6 Å². The lowest BCUT2D eigenvalue weighted by Gasteiger charge is -2.27. The first-order chi connectivity index (χ1) is 10.7. The maximum atomic E-state index is 12.1. The van der Waals surface area contributed by atoms with E-state index in [1.54, 1.807) is 6.07 Å². The standard InChI is InChI=1S/C16H22N2O4.ClH/c1-11-8-12(4-5-17-11)16(19)18-6-7-20-13-2-3-14-15(9-13)22-10-21-14;/h2-3,9,11-12,17H,4-8,10H2,1H3,(H,18,19);1H/t11-,12-;/m0./s1. The van der Waals surface area contributed by atoms with Gasteiger partial charge in [0, 0.05) is 18.0 Å². The minimum absolute atomic E-state index is 0. The molecule has 1 saturated heterocycles. The topological polar surface area (TPSA) is 68.8 Å². The van der Waals surface area contributed by atoms with Crippen molar-refractivity contribution < 1.29 is 19.0 Å². The molecule has 2 aliphatic heterocycles. The van der Waals surface area contributed by atoms with Gasteiger partial charge in [-0.2, -0.15) is 0 Å². The summed E-state index contributed by atoms with van der Waals surface area (Å²) in [6.07, 6.45) is 1.80. The van der Waals surface area contributed by atoms with Gasteiger partial charge in [0.2, 0.25) is 12.7 Å². The van der Waals surface area contributed by atoms with E-state index in [0.717, 1.165) is 25.1 Å². The van der Waals surface area contributed by atoms with Crippen molar-refractivity contribution in [2.45, 2.75) is 25.8 Å². The van der Waals surface area contributed by atoms with E-state index in [1.807, 2.05) is 12.1 Å². The fourth-order valence-electron chi connectivity index (χ4n) is 2.82. The summed E-state index contributed by atoms with van der Waals surface area (Å²) in [5.74, 6) is 2.39. The molecule has 23 heavy (non-hydrogen) atoms. The van der Waals surface area contributed by atoms with Crippen molar-refractivity contribution in [3.05, 3.63) is 18.2 Å². The quantitative estimate of drug-likeness (QED) is 0.797. The number of carbonyl (C=O) groups excluding carboxylic acids is 1. The maximum Gasteiger partial charge on any atom is 0.231 e. The largest absolute Gasteiger partial charge is 0.492 e. The zero-order valence-corrected chi connectivity index (χ0v) is 14.0. The van der Waals surface area contributed by atoms with Crippen LogP contribution in [0.5, 0.6) is 17.2 Å². The van der Waals surface area contributed by atoms with E-state index in [-0.39, 0.29) is 31.0 Å². The summed E-state index contributed by atoms with van der Waals surface area (Å²) < 4.78 is 16.2. The van der Waals surface area contributed by atoms with Crippen molar-refractivity contribution >= 4 is 18.3 Å². The Kier molecular flexibility index (Phi) is 6.36. The van der Waals surface area contributed by atoms with Gasteiger partial charge in [0.05, 0.1) is 6.54 Å². The van der Waals surface area contributed by atoms with Crippen LogP contribution >= 0.6 is 12.4 Å². The van der Waals surface area contributed by atoms with E-state index < -0.39 is 0 Å². The molecule has 0 aliphatic carbocycles. The minimum atomic E-state index is 0. The number of carbonyl (C=O) groups is 1. The fraction of sp³-hybridized carbons (Fsp3) is 0.562. The number of benzene rings is 1. The smallest absolute Gasteiger partial charge is 0.231 e. The van der Waals surface area contributed by atoms with Crippen LogP contribution in [0.2, 0.25) is 0 Å². The molecule has 128 valence electrons. The summed E-state index contributed by atoms with van der Waals surface area (Å²) in [6, 6.07) is 5.88. The number of nitrogens with one attached hydrogen (secondary N) is 2. The molecule has 0 unspecified atom stereocenters. The van der Waals surface area contributed by atoms with E-state index >= 15 is 0 Å². The van der Waals surface area contributed by atoms with Crippen molar-refractivity contribution in [1.82, 2.24) is 10.6 Å². The van der Waals surface area contributed by atoms with Gasteiger partial charge in [0.15, 0.2) is 11.5 Å². The Morgan fingerprint density at radius 3 is 3.04 bits per heavy atom. The number of fused-ring (bicyclic) bond motifs is 1. The van der Waals surface area contributed by atoms with Crippen LogP contribution in [0.1, 0.15) is 19.8 Å². The second-order valence-electron chi connectivity index (χ2n) is 5.73. The molecule has 0 bridgehead atoms. The predicted octanol–water partition coefficient (Wildman–Crippen LogP) is 1.72. The normalized spacial score (nSPS) is 22.1. The highest BCUT2D eigenvalue weighted by molar-refractivity contribution is 5.85. The highest BCUT2D eigenvalue weighted by Crippen LogP contribution is 2.34. The highest BCUT2D eigenvalue weighted by Gasteiger charge is 2.24. The lowest BCUT2D eigenvalue weighted by Crippen LogP contribution is -2.43. The SMILES string of the molecule is C[C@H]1C[C@@H](C(=O)NCCOc2ccc3c(c2)OCO3)CCN1.Cl. The minimum Gasteiger partial charge on any atom is -0.492 e. The molecule has 1 aromatic carbocycles. The Balaban J connectivity index is 0.00000192. The molecule has 2 atom stereocenters. The molecule has 2 N–H and O–H groups in total. The molecule has 0 radical (unpaired) electrons. The first-order valence-corrected chi connectivity index (χ1v) is 7.76. The summed E-state index contributed by atoms with van der Waals surface area (Å²) in [5, 5.41) is 6.30. The van der Waals surface area contributed by atoms with E-state index in [9.17, 15) is 4.79 Å². The molecule has 7 heteroatoms. The zero-order valence-electron chi connectivity index (χ0n) is 13.2. The highest BCUT2D eigenvalue weighted by atomic mass is 35.5. The van der Waals surface area contributed by atoms with Crippen LogP contribution in [-0.4, -0.2) is 38.4 Å². The third-order valence-electron chi connectivity index (χ3n) is 4.01. The maximum absolute atomic E-state index is 12.1. The van der Waals surface area contributed by atoms with Crippen LogP contribution in [0.25, 0.3) is 0 Å². The molecule has 2 heterocycles. The second-order valence-corrected chi connectivity index (χ2v) is 5.73. The van der Waals surface area contributed by atoms with Crippen molar-refractivity contribution in [2.24, 2.45) is 5.92 Å². The molecule has 1 amide bonds. The van der Waals surface area contributed by atoms with Crippen LogP contribution in [0, 0.1) is 5.92 Å². The first kappa shape index (κ1) is 17.7. The number of hydrogen-bond donors (Lipinski definition) is 2. The van der Waals surface area contributed by atoms with Gasteiger partial charge in [-0.25, -0.2) is 0 Å². The molecule has 1 aromatic rings. The Bertz CT molecular complexity index is 541. The Labute approximate surface area is 142 Å². The van der Waals surface area contributed by atoms with E-state index in [4.69, 9.17) is 14.2 Å². The molecule has 2 aliphatic rings. The van der Waals surface area contributed by atoms with Crippen LogP contribution in [0.3, 0.4) is 0 Å². The third-order valence-corrected chi connectivity index (χ3v) is 4.01. The molecule has 0 aromatic heterocycles. The number of hydrogen-bond acceptors (Lipinski definition) is 5. The van der Waals surface area contributed by atoms with Gasteiger partial charge in [0.25, 0.3) is 0 Å². The first-order valence-electron chi connectivity index (χ1n) is 7.76. The predicted molar refractivity (Wildman–Crippen MR) is 88.5 cm³/mol. The van der Waals surface area contributed by atoms with Crippen LogP contribution in [0.15, 0.2) is 18.2 Å². The average Bonchev–Trinajstić information content (AvgIpc) is 2.99. The van der Waals surface area contributed by atoms with Gasteiger partial charge in [-0.05, 0) is 38.4 Å². The summed E-state index contributed by atoms with van der Waals surface area (Å²) >= 11 is 0. The Morgan fingerprint density at radius 2 is 2.22 bits per heavy atom. The molecule has 1 fully saturated rings. The zero-order chi connectivity index (χ0) is 15.4. The van der Waals surface area contributed by atoms with Gasteiger partial charge in [0.1, 0.15) is 12.4 Å². The Morgan fingerprint density at radius 1 is 1.39 bits per heavy atom. The number of piperidine rings is 1. The van der Waals surface area contributed by atoms with Crippen molar-refractivity contribution in [1.29, 1.82) is 0 Å². The van der Waals surface area contributed by atoms with Crippen LogP contribution in [0.4, 0.5) is 0 Å². The van der Waals surface area contributed by atoms with E-state index in [1.165, 1.54) is 0 Å². The van der Waals surface area contributed by atoms with Gasteiger partial charge in [-0.3, -0.25) is 4.79 Å². The molecule has 0 saturated carbocycles. The van der Waals surface area contributed by atoms with E-state index in [0.29, 0.717) is 30.7 Å². The average molecular weight is 343 g/mol. The summed E-state index contributed by atoms with van der Waals surface area (Å²) in [4.78, 5) is 12.1. The molecular formula is C16H23ClN2O4. The third kappa shape index (κ3) is 4.65. The number of halogens is 1. The van der Waals surface area contributed by atoms with Crippen LogP contribution < -0.4 is 24.8 Å². The lowest BCUT2D eigenvalue weighted by atomic mass is 9.92. The van der Waals surface area contributed by atoms with Crippen molar-refractivity contribution in [3.63, 3.8) is 0 Å². The summed E-state index contributed by atoms with van der Waals surface area (Å²) in [7, 11) is 0. The number of ether oxygens (including phenoxy) is 3. The lowest BCUT2D eigenvalue weighted by molar-refractivity contribution is -0.126. The summed E-state index contributed by atoms with van der Waals surface area (Å²) in [6.45, 7) is 4.22. The number of rotatable bonds is 5. The van der Waals surface area contributed by atoms with Gasteiger partial charge in [-0.15, -0.1) is 12.4 Å². The van der Waals surface area contributed by atoms with Gasteiger partial charge >= 0.3 is 0 Å². The number of amides is 1. The van der Waals surface area contributed by atoms with Crippen molar-refractivity contribution in [2.75, 3.05) is 26.5 Å². The Hall–Kier alpha value is -1.66. The second kappa shape index (κ2) is 8.26. The molecule has 6 nitrogen and oxygen atoms in total. The molecule has 0 spiro atoms.